The topological polar surface area (TPSA) is 85.1 Å². The lowest BCUT2D eigenvalue weighted by Crippen LogP contribution is -2.17. The Morgan fingerprint density at radius 3 is 2.43 bits per heavy atom. The second kappa shape index (κ2) is 5.71. The number of hydrogen-bond donors (Lipinski definition) is 2. The van der Waals surface area contributed by atoms with Crippen LogP contribution in [-0.4, -0.2) is 13.4 Å². The Morgan fingerprint density at radius 2 is 1.86 bits per heavy atom. The van der Waals surface area contributed by atoms with Crippen LogP contribution in [0.1, 0.15) is 11.1 Å². The van der Waals surface area contributed by atoms with Crippen molar-refractivity contribution in [2.45, 2.75) is 18.7 Å². The molecule has 2 rings (SSSR count). The highest BCUT2D eigenvalue weighted by molar-refractivity contribution is 7.93. The number of hydrogen-bond acceptors (Lipinski definition) is 4. The van der Waals surface area contributed by atoms with E-state index < -0.39 is 10.0 Å². The van der Waals surface area contributed by atoms with Crippen LogP contribution in [0.3, 0.4) is 0 Å². The molecule has 0 saturated carbocycles. The minimum atomic E-state index is -3.88. The number of nitrogens with two attached hydrogens (primary N) is 1. The quantitative estimate of drug-likeness (QED) is 0.659. The van der Waals surface area contributed by atoms with E-state index in [0.29, 0.717) is 11.1 Å². The first-order chi connectivity index (χ1) is 9.72. The number of aromatic nitrogens is 1. The normalized spacial score (nSPS) is 11.4. The van der Waals surface area contributed by atoms with Gasteiger partial charge in [0.2, 0.25) is 0 Å². The lowest BCUT2D eigenvalue weighted by Gasteiger charge is -2.14. The van der Waals surface area contributed by atoms with Crippen LogP contribution in [0.4, 0.5) is 11.4 Å². The molecular weight excluding hydrogens is 333 g/mol. The van der Waals surface area contributed by atoms with Gasteiger partial charge in [-0.15, -0.1) is 0 Å². The number of benzene rings is 1. The van der Waals surface area contributed by atoms with Crippen LogP contribution >= 0.6 is 23.2 Å². The largest absolute Gasteiger partial charge is 0.398 e. The molecule has 0 aliphatic rings. The van der Waals surface area contributed by atoms with Crippen LogP contribution in [0.2, 0.25) is 10.3 Å². The number of anilines is 2. The third kappa shape index (κ3) is 3.23. The van der Waals surface area contributed by atoms with Crippen molar-refractivity contribution in [2.24, 2.45) is 0 Å². The van der Waals surface area contributed by atoms with Gasteiger partial charge in [-0.2, -0.15) is 0 Å². The molecule has 0 radical (unpaired) electrons. The van der Waals surface area contributed by atoms with E-state index in [-0.39, 0.29) is 26.6 Å². The Balaban J connectivity index is 2.53. The van der Waals surface area contributed by atoms with Gasteiger partial charge < -0.3 is 5.73 Å². The Kier molecular flexibility index (Phi) is 4.32. The molecule has 8 heteroatoms. The fourth-order valence-corrected chi connectivity index (χ4v) is 4.08. The van der Waals surface area contributed by atoms with Crippen molar-refractivity contribution in [3.63, 3.8) is 0 Å². The van der Waals surface area contributed by atoms with Gasteiger partial charge in [-0.05, 0) is 37.1 Å². The van der Waals surface area contributed by atoms with Crippen molar-refractivity contribution in [2.75, 3.05) is 10.5 Å². The fraction of sp³-hybridized carbons (Fsp3) is 0.154. The van der Waals surface area contributed by atoms with E-state index >= 15 is 0 Å². The average Bonchev–Trinajstić information content (AvgIpc) is 2.33. The molecule has 0 aliphatic carbocycles. The Labute approximate surface area is 133 Å². The maximum atomic E-state index is 12.5. The predicted octanol–water partition coefficient (Wildman–Crippen LogP) is 3.39. The minimum absolute atomic E-state index is 0.0178. The summed E-state index contributed by atoms with van der Waals surface area (Å²) in [6.45, 7) is 3.35. The van der Waals surface area contributed by atoms with E-state index in [1.807, 2.05) is 0 Å². The van der Waals surface area contributed by atoms with Crippen molar-refractivity contribution in [3.8, 4) is 0 Å². The van der Waals surface area contributed by atoms with Gasteiger partial charge in [0.25, 0.3) is 10.0 Å². The molecule has 1 aromatic carbocycles. The summed E-state index contributed by atoms with van der Waals surface area (Å²) in [4.78, 5) is 3.85. The van der Waals surface area contributed by atoms with E-state index in [4.69, 9.17) is 28.9 Å². The van der Waals surface area contributed by atoms with Crippen LogP contribution in [0.25, 0.3) is 0 Å². The Hall–Kier alpha value is -1.50. The Morgan fingerprint density at radius 1 is 1.19 bits per heavy atom. The Bertz CT molecular complexity index is 764. The summed E-state index contributed by atoms with van der Waals surface area (Å²) in [7, 11) is -3.88. The van der Waals surface area contributed by atoms with Crippen molar-refractivity contribution in [3.05, 3.63) is 45.7 Å². The highest BCUT2D eigenvalue weighted by atomic mass is 35.5. The lowest BCUT2D eigenvalue weighted by molar-refractivity contribution is 0.601. The van der Waals surface area contributed by atoms with E-state index in [2.05, 4.69) is 9.71 Å². The van der Waals surface area contributed by atoms with Gasteiger partial charge in [-0.3, -0.25) is 4.72 Å². The molecule has 0 amide bonds. The third-order valence-corrected chi connectivity index (χ3v) is 4.92. The second-order valence-electron chi connectivity index (χ2n) is 4.53. The highest BCUT2D eigenvalue weighted by Gasteiger charge is 2.22. The molecule has 0 unspecified atom stereocenters. The number of rotatable bonds is 3. The van der Waals surface area contributed by atoms with Gasteiger partial charge in [-0.1, -0.05) is 35.3 Å². The number of nitrogen functional groups attached to an aromatic ring is 1. The van der Waals surface area contributed by atoms with Crippen molar-refractivity contribution in [1.29, 1.82) is 0 Å². The molecule has 0 fully saturated rings. The van der Waals surface area contributed by atoms with Crippen LogP contribution in [0.15, 0.2) is 29.2 Å². The zero-order valence-electron chi connectivity index (χ0n) is 11.3. The summed E-state index contributed by atoms with van der Waals surface area (Å²) in [5.74, 6) is 0. The fourth-order valence-electron chi connectivity index (χ4n) is 1.95. The maximum Gasteiger partial charge on any atom is 0.264 e. The first kappa shape index (κ1) is 15.9. The number of sulfonamides is 1. The summed E-state index contributed by atoms with van der Waals surface area (Å²) < 4.78 is 27.5. The van der Waals surface area contributed by atoms with E-state index in [9.17, 15) is 8.42 Å². The highest BCUT2D eigenvalue weighted by Crippen LogP contribution is 2.31. The van der Waals surface area contributed by atoms with E-state index in [1.54, 1.807) is 26.0 Å². The second-order valence-corrected chi connectivity index (χ2v) is 6.89. The van der Waals surface area contributed by atoms with E-state index in [0.717, 1.165) is 0 Å². The smallest absolute Gasteiger partial charge is 0.264 e. The SMILES string of the molecule is Cc1cc(Cl)nc(Cl)c1NS(=O)(=O)c1c(C)cccc1N. The van der Waals surface area contributed by atoms with Crippen molar-refractivity contribution in [1.82, 2.24) is 4.98 Å². The molecule has 112 valence electrons. The molecule has 2 aromatic rings. The third-order valence-electron chi connectivity index (χ3n) is 2.89. The molecule has 1 heterocycles. The molecule has 0 aliphatic heterocycles. The van der Waals surface area contributed by atoms with Gasteiger partial charge in [0.15, 0.2) is 5.15 Å². The summed E-state index contributed by atoms with van der Waals surface area (Å²) in [6.07, 6.45) is 0. The van der Waals surface area contributed by atoms with Gasteiger partial charge in [0.1, 0.15) is 10.0 Å². The van der Waals surface area contributed by atoms with Crippen LogP contribution in [0.5, 0.6) is 0 Å². The van der Waals surface area contributed by atoms with Gasteiger partial charge in [0.05, 0.1) is 11.4 Å². The molecule has 0 spiro atoms. The summed E-state index contributed by atoms with van der Waals surface area (Å²) in [5, 5.41) is 0.173. The number of halogens is 2. The minimum Gasteiger partial charge on any atom is -0.398 e. The summed E-state index contributed by atoms with van der Waals surface area (Å²) in [5.41, 5.74) is 7.23. The van der Waals surface area contributed by atoms with Crippen molar-refractivity contribution < 1.29 is 8.42 Å². The molecular formula is C13H13Cl2N3O2S. The molecule has 3 N–H and O–H groups in total. The zero-order valence-corrected chi connectivity index (χ0v) is 13.6. The number of nitrogens with one attached hydrogen (secondary N) is 1. The molecule has 0 saturated heterocycles. The van der Waals surface area contributed by atoms with E-state index in [1.165, 1.54) is 12.1 Å². The summed E-state index contributed by atoms with van der Waals surface area (Å²) >= 11 is 11.7. The standard InChI is InChI=1S/C13H13Cl2N3O2S/c1-7-4-3-5-9(16)12(7)21(19,20)18-11-8(2)6-10(14)17-13(11)15/h3-6,18H,16H2,1-2H3. The molecule has 21 heavy (non-hydrogen) atoms. The van der Waals surface area contributed by atoms with Crippen LogP contribution in [0, 0.1) is 13.8 Å². The number of nitrogens with zero attached hydrogens (tertiary/aromatic N) is 1. The molecule has 5 nitrogen and oxygen atoms in total. The summed E-state index contributed by atoms with van der Waals surface area (Å²) in [6, 6.07) is 6.40. The average molecular weight is 346 g/mol. The van der Waals surface area contributed by atoms with Crippen LogP contribution in [-0.2, 0) is 10.0 Å². The molecule has 1 aromatic heterocycles. The number of aryl methyl sites for hydroxylation is 2. The van der Waals surface area contributed by atoms with Crippen molar-refractivity contribution >= 4 is 44.6 Å². The molecule has 0 atom stereocenters. The van der Waals surface area contributed by atoms with Gasteiger partial charge in [-0.25, -0.2) is 13.4 Å². The lowest BCUT2D eigenvalue weighted by atomic mass is 10.2. The van der Waals surface area contributed by atoms with Gasteiger partial charge in [0, 0.05) is 0 Å². The molecule has 0 bridgehead atoms. The first-order valence-electron chi connectivity index (χ1n) is 5.93. The number of pyridine rings is 1. The van der Waals surface area contributed by atoms with Crippen LogP contribution < -0.4 is 10.5 Å². The first-order valence-corrected chi connectivity index (χ1v) is 8.17. The maximum absolute atomic E-state index is 12.5. The monoisotopic (exact) mass is 345 g/mol. The van der Waals surface area contributed by atoms with Gasteiger partial charge >= 0.3 is 0 Å². The predicted molar refractivity (Wildman–Crippen MR) is 85.4 cm³/mol. The zero-order chi connectivity index (χ0) is 15.8.